The molecule has 3 rings (SSSR count). The highest BCUT2D eigenvalue weighted by molar-refractivity contribution is 6.35. The van der Waals surface area contributed by atoms with Gasteiger partial charge in [0.05, 0.1) is 22.8 Å². The van der Waals surface area contributed by atoms with Gasteiger partial charge in [0.25, 0.3) is 0 Å². The first-order valence-electron chi connectivity index (χ1n) is 8.93. The van der Waals surface area contributed by atoms with E-state index in [1.807, 2.05) is 19.9 Å². The molecule has 0 bridgehead atoms. The van der Waals surface area contributed by atoms with Gasteiger partial charge in [-0.05, 0) is 63.9 Å². The first-order valence-corrected chi connectivity index (χ1v) is 9.69. The molecule has 2 N–H and O–H groups in total. The Morgan fingerprint density at radius 2 is 2.15 bits per heavy atom. The molecule has 27 heavy (non-hydrogen) atoms. The topological polar surface area (TPSA) is 59.0 Å². The van der Waals surface area contributed by atoms with Gasteiger partial charge in [0.1, 0.15) is 0 Å². The van der Waals surface area contributed by atoms with Crippen LogP contribution in [0.4, 0.5) is 0 Å². The van der Waals surface area contributed by atoms with Crippen molar-refractivity contribution in [3.63, 3.8) is 0 Å². The highest BCUT2D eigenvalue weighted by atomic mass is 35.5. The molecule has 2 heterocycles. The molecule has 1 amide bonds. The van der Waals surface area contributed by atoms with Crippen molar-refractivity contribution >= 4 is 41.5 Å². The predicted molar refractivity (Wildman–Crippen MR) is 113 cm³/mol. The summed E-state index contributed by atoms with van der Waals surface area (Å²) in [5.74, 6) is 0.706. The summed E-state index contributed by atoms with van der Waals surface area (Å²) in [5.41, 5.74) is 3.46. The zero-order valence-electron chi connectivity index (χ0n) is 15.5. The summed E-state index contributed by atoms with van der Waals surface area (Å²) in [4.78, 5) is 12.3. The third kappa shape index (κ3) is 5.38. The van der Waals surface area contributed by atoms with E-state index in [1.165, 1.54) is 6.42 Å². The molecule has 0 radical (unpaired) electrons. The Morgan fingerprint density at radius 3 is 2.81 bits per heavy atom. The lowest BCUT2D eigenvalue weighted by Gasteiger charge is -2.10. The Morgan fingerprint density at radius 1 is 1.37 bits per heavy atom. The maximum atomic E-state index is 12.3. The summed E-state index contributed by atoms with van der Waals surface area (Å²) < 4.78 is 1.78. The number of aryl methyl sites for hydroxylation is 1. The van der Waals surface area contributed by atoms with Crippen LogP contribution < -0.4 is 10.6 Å². The number of nitrogens with one attached hydrogen (secondary N) is 2. The third-order valence-corrected chi connectivity index (χ3v) is 5.49. The van der Waals surface area contributed by atoms with Crippen LogP contribution in [-0.2, 0) is 11.2 Å². The summed E-state index contributed by atoms with van der Waals surface area (Å²) in [6, 6.07) is 5.31. The average molecular weight is 432 g/mol. The van der Waals surface area contributed by atoms with Gasteiger partial charge in [-0.2, -0.15) is 5.10 Å². The maximum absolute atomic E-state index is 12.3. The van der Waals surface area contributed by atoms with Crippen LogP contribution in [0, 0.1) is 19.8 Å². The van der Waals surface area contributed by atoms with Crippen molar-refractivity contribution in [2.45, 2.75) is 33.1 Å². The van der Waals surface area contributed by atoms with Crippen molar-refractivity contribution < 1.29 is 4.79 Å². The van der Waals surface area contributed by atoms with Gasteiger partial charge in [0.15, 0.2) is 0 Å². The van der Waals surface area contributed by atoms with E-state index in [0.717, 1.165) is 48.7 Å². The van der Waals surface area contributed by atoms with E-state index >= 15 is 0 Å². The monoisotopic (exact) mass is 430 g/mol. The summed E-state index contributed by atoms with van der Waals surface area (Å²) in [7, 11) is 0. The number of amides is 1. The molecule has 8 heteroatoms. The Hall–Kier alpha value is -1.27. The van der Waals surface area contributed by atoms with Gasteiger partial charge >= 0.3 is 0 Å². The van der Waals surface area contributed by atoms with Gasteiger partial charge in [-0.15, -0.1) is 12.4 Å². The van der Waals surface area contributed by atoms with Gasteiger partial charge in [-0.25, -0.2) is 4.68 Å². The summed E-state index contributed by atoms with van der Waals surface area (Å²) in [6.45, 7) is 6.74. The standard InChI is InChI=1S/C19H24Cl2N4O.ClH/c1-12-16(10-19(26)23-8-6-14-5-7-22-11-14)13(2)25(24-12)18-4-3-15(20)9-17(18)21;/h3-4,9,14,22H,5-8,10-11H2,1-2H3,(H,23,26);1H. The van der Waals surface area contributed by atoms with Crippen LogP contribution in [0.5, 0.6) is 0 Å². The zero-order chi connectivity index (χ0) is 18.7. The molecule has 1 aromatic heterocycles. The van der Waals surface area contributed by atoms with E-state index < -0.39 is 0 Å². The minimum absolute atomic E-state index is 0. The van der Waals surface area contributed by atoms with Crippen LogP contribution in [0.3, 0.4) is 0 Å². The number of rotatable bonds is 6. The Balaban J connectivity index is 0.00000261. The van der Waals surface area contributed by atoms with Gasteiger partial charge in [-0.1, -0.05) is 23.2 Å². The van der Waals surface area contributed by atoms with Crippen LogP contribution in [-0.4, -0.2) is 35.3 Å². The number of nitrogens with zero attached hydrogens (tertiary/aromatic N) is 2. The van der Waals surface area contributed by atoms with E-state index in [9.17, 15) is 4.79 Å². The van der Waals surface area contributed by atoms with Crippen molar-refractivity contribution in [1.82, 2.24) is 20.4 Å². The summed E-state index contributed by atoms with van der Waals surface area (Å²) in [5, 5.41) is 12.1. The summed E-state index contributed by atoms with van der Waals surface area (Å²) >= 11 is 12.3. The van der Waals surface area contributed by atoms with Crippen molar-refractivity contribution in [3.05, 3.63) is 45.2 Å². The second kappa shape index (κ2) is 9.78. The molecule has 0 aliphatic carbocycles. The van der Waals surface area contributed by atoms with Gasteiger partial charge in [-0.3, -0.25) is 4.79 Å². The molecule has 2 aromatic rings. The fourth-order valence-corrected chi connectivity index (χ4v) is 3.91. The van der Waals surface area contributed by atoms with Crippen molar-refractivity contribution in [3.8, 4) is 5.69 Å². The first kappa shape index (κ1) is 22.0. The van der Waals surface area contributed by atoms with Crippen LogP contribution in [0.1, 0.15) is 29.8 Å². The van der Waals surface area contributed by atoms with Crippen LogP contribution in [0.25, 0.3) is 5.69 Å². The number of carbonyl (C=O) groups excluding carboxylic acids is 1. The maximum Gasteiger partial charge on any atom is 0.224 e. The number of halogens is 3. The lowest BCUT2D eigenvalue weighted by Crippen LogP contribution is -2.28. The minimum atomic E-state index is 0. The van der Waals surface area contributed by atoms with Crippen molar-refractivity contribution in [2.24, 2.45) is 5.92 Å². The molecule has 1 saturated heterocycles. The molecule has 1 unspecified atom stereocenters. The largest absolute Gasteiger partial charge is 0.356 e. The molecule has 1 aliphatic heterocycles. The Labute approximate surface area is 176 Å². The van der Waals surface area contributed by atoms with Gasteiger partial charge in [0.2, 0.25) is 5.91 Å². The molecule has 0 saturated carbocycles. The molecular weight excluding hydrogens is 407 g/mol. The molecular formula is C19H25Cl3N4O. The molecule has 0 spiro atoms. The third-order valence-electron chi connectivity index (χ3n) is 4.95. The predicted octanol–water partition coefficient (Wildman–Crippen LogP) is 3.88. The van der Waals surface area contributed by atoms with Crippen molar-refractivity contribution in [2.75, 3.05) is 19.6 Å². The molecule has 1 aromatic carbocycles. The Bertz CT molecular complexity index is 800. The minimum Gasteiger partial charge on any atom is -0.356 e. The molecule has 5 nitrogen and oxygen atoms in total. The van der Waals surface area contributed by atoms with E-state index in [0.29, 0.717) is 22.4 Å². The Kier molecular flexibility index (Phi) is 7.98. The van der Waals surface area contributed by atoms with Gasteiger partial charge in [0, 0.05) is 22.8 Å². The van der Waals surface area contributed by atoms with E-state index in [-0.39, 0.29) is 18.3 Å². The van der Waals surface area contributed by atoms with E-state index in [2.05, 4.69) is 15.7 Å². The highest BCUT2D eigenvalue weighted by Crippen LogP contribution is 2.27. The number of benzene rings is 1. The summed E-state index contributed by atoms with van der Waals surface area (Å²) in [6.07, 6.45) is 2.55. The number of aromatic nitrogens is 2. The van der Waals surface area contributed by atoms with Crippen LogP contribution in [0.2, 0.25) is 10.0 Å². The quantitative estimate of drug-likeness (QED) is 0.730. The average Bonchev–Trinajstić information content (AvgIpc) is 3.19. The molecule has 1 aliphatic rings. The fourth-order valence-electron chi connectivity index (χ4n) is 3.42. The SMILES string of the molecule is Cc1nn(-c2ccc(Cl)cc2Cl)c(C)c1CC(=O)NCCC1CCNC1.Cl. The van der Waals surface area contributed by atoms with Crippen molar-refractivity contribution in [1.29, 1.82) is 0 Å². The second-order valence-electron chi connectivity index (χ2n) is 6.83. The van der Waals surface area contributed by atoms with E-state index in [1.54, 1.807) is 16.8 Å². The van der Waals surface area contributed by atoms with Crippen LogP contribution >= 0.6 is 35.6 Å². The highest BCUT2D eigenvalue weighted by Gasteiger charge is 2.18. The normalized spacial score (nSPS) is 16.2. The zero-order valence-corrected chi connectivity index (χ0v) is 17.8. The number of hydrogen-bond acceptors (Lipinski definition) is 3. The lowest BCUT2D eigenvalue weighted by molar-refractivity contribution is -0.120. The van der Waals surface area contributed by atoms with Gasteiger partial charge < -0.3 is 10.6 Å². The number of hydrogen-bond donors (Lipinski definition) is 2. The van der Waals surface area contributed by atoms with Crippen LogP contribution in [0.15, 0.2) is 18.2 Å². The lowest BCUT2D eigenvalue weighted by atomic mass is 10.1. The number of carbonyl (C=O) groups is 1. The molecule has 148 valence electrons. The second-order valence-corrected chi connectivity index (χ2v) is 7.67. The van der Waals surface area contributed by atoms with E-state index in [4.69, 9.17) is 23.2 Å². The molecule has 1 fully saturated rings. The smallest absolute Gasteiger partial charge is 0.224 e. The molecule has 1 atom stereocenters. The first-order chi connectivity index (χ1) is 12.5. The fraction of sp³-hybridized carbons (Fsp3) is 0.474.